The molecule has 0 nitrogen and oxygen atoms in total. The fraction of sp³-hybridized carbons (Fsp3) is 0.636. The van der Waals surface area contributed by atoms with Crippen LogP contribution in [0, 0.1) is 11.8 Å². The lowest BCUT2D eigenvalue weighted by Crippen LogP contribution is -2.39. The highest BCUT2D eigenvalue weighted by molar-refractivity contribution is 6.82. The first-order chi connectivity index (χ1) is 10.5. The molecule has 23 heavy (non-hydrogen) atoms. The van der Waals surface area contributed by atoms with Crippen molar-refractivity contribution in [3.8, 4) is 0 Å². The van der Waals surface area contributed by atoms with Gasteiger partial charge in [-0.3, -0.25) is 0 Å². The van der Waals surface area contributed by atoms with Gasteiger partial charge in [0.05, 0.1) is 8.07 Å². The third kappa shape index (κ3) is 2.97. The molecular formula is C22H36Si. The van der Waals surface area contributed by atoms with Crippen molar-refractivity contribution < 1.29 is 0 Å². The van der Waals surface area contributed by atoms with E-state index >= 15 is 0 Å². The molecule has 2 unspecified atom stereocenters. The number of allylic oxidation sites excluding steroid dienone is 8. The maximum Gasteiger partial charge on any atom is 0.0713 e. The lowest BCUT2D eigenvalue weighted by Gasteiger charge is -2.40. The smallest absolute Gasteiger partial charge is 0.0686 e. The van der Waals surface area contributed by atoms with Crippen LogP contribution in [0.3, 0.4) is 0 Å². The van der Waals surface area contributed by atoms with Crippen molar-refractivity contribution in [3.63, 3.8) is 0 Å². The van der Waals surface area contributed by atoms with Gasteiger partial charge in [-0.1, -0.05) is 75.2 Å². The standard InChI is InChI=1S/C22H36Si/c1-13(2)19-11-15(5)21(17(19)7)23(9,10)22-16(6)12-20(14(3)4)18(22)8/h11-14,21-22H,1-10H3. The van der Waals surface area contributed by atoms with E-state index in [1.54, 1.807) is 33.4 Å². The van der Waals surface area contributed by atoms with Crippen LogP contribution in [0.15, 0.2) is 45.6 Å². The zero-order chi connectivity index (χ0) is 17.7. The number of hydrogen-bond acceptors (Lipinski definition) is 0. The van der Waals surface area contributed by atoms with Crippen LogP contribution in [0.5, 0.6) is 0 Å². The van der Waals surface area contributed by atoms with Crippen molar-refractivity contribution in [2.75, 3.05) is 0 Å². The van der Waals surface area contributed by atoms with Crippen molar-refractivity contribution in [2.24, 2.45) is 11.8 Å². The van der Waals surface area contributed by atoms with E-state index in [0.717, 1.165) is 0 Å². The summed E-state index contributed by atoms with van der Waals surface area (Å²) in [4.78, 5) is 0. The second kappa shape index (κ2) is 6.24. The van der Waals surface area contributed by atoms with Gasteiger partial charge < -0.3 is 0 Å². The minimum atomic E-state index is -1.52. The lowest BCUT2D eigenvalue weighted by atomic mass is 10.0. The molecular weight excluding hydrogens is 292 g/mol. The predicted molar refractivity (Wildman–Crippen MR) is 108 cm³/mol. The Morgan fingerprint density at radius 2 is 1.00 bits per heavy atom. The van der Waals surface area contributed by atoms with E-state index in [1.807, 2.05) is 0 Å². The molecule has 2 aliphatic rings. The fourth-order valence-electron chi connectivity index (χ4n) is 5.60. The van der Waals surface area contributed by atoms with Gasteiger partial charge in [0.1, 0.15) is 0 Å². The molecule has 0 aromatic rings. The second-order valence-corrected chi connectivity index (χ2v) is 13.8. The zero-order valence-electron chi connectivity index (χ0n) is 17.0. The molecule has 0 fully saturated rings. The van der Waals surface area contributed by atoms with Crippen LogP contribution in [0.2, 0.25) is 24.2 Å². The Kier molecular flexibility index (Phi) is 5.02. The maximum atomic E-state index is 2.62. The quantitative estimate of drug-likeness (QED) is 0.475. The summed E-state index contributed by atoms with van der Waals surface area (Å²) < 4.78 is 0. The highest BCUT2D eigenvalue weighted by Gasteiger charge is 2.46. The molecule has 0 heterocycles. The first-order valence-electron chi connectivity index (χ1n) is 9.27. The van der Waals surface area contributed by atoms with E-state index in [0.29, 0.717) is 22.9 Å². The molecule has 0 radical (unpaired) electrons. The van der Waals surface area contributed by atoms with Crippen LogP contribution >= 0.6 is 0 Å². The van der Waals surface area contributed by atoms with E-state index in [1.165, 1.54) is 0 Å². The van der Waals surface area contributed by atoms with E-state index in [9.17, 15) is 0 Å². The van der Waals surface area contributed by atoms with E-state index in [4.69, 9.17) is 0 Å². The van der Waals surface area contributed by atoms with Gasteiger partial charge in [0.2, 0.25) is 0 Å². The number of hydrogen-bond donors (Lipinski definition) is 0. The molecule has 0 aromatic carbocycles. The molecule has 0 bridgehead atoms. The topological polar surface area (TPSA) is 0 Å². The van der Waals surface area contributed by atoms with Gasteiger partial charge in [-0.25, -0.2) is 0 Å². The average molecular weight is 329 g/mol. The highest BCUT2D eigenvalue weighted by Crippen LogP contribution is 2.55. The number of rotatable bonds is 4. The van der Waals surface area contributed by atoms with Crippen molar-refractivity contribution in [3.05, 3.63) is 45.6 Å². The van der Waals surface area contributed by atoms with Crippen LogP contribution < -0.4 is 0 Å². The van der Waals surface area contributed by atoms with Gasteiger partial charge in [0.25, 0.3) is 0 Å². The van der Waals surface area contributed by atoms with E-state index in [2.05, 4.69) is 80.6 Å². The Labute approximate surface area is 145 Å². The van der Waals surface area contributed by atoms with Crippen LogP contribution in [-0.2, 0) is 0 Å². The highest BCUT2D eigenvalue weighted by atomic mass is 28.3. The molecule has 0 aliphatic heterocycles. The summed E-state index contributed by atoms with van der Waals surface area (Å²) in [6.45, 7) is 24.1. The first kappa shape index (κ1) is 18.5. The lowest BCUT2D eigenvalue weighted by molar-refractivity contribution is 0.779. The van der Waals surface area contributed by atoms with Gasteiger partial charge >= 0.3 is 0 Å². The fourth-order valence-corrected chi connectivity index (χ4v) is 11.0. The van der Waals surface area contributed by atoms with Gasteiger partial charge in [-0.2, -0.15) is 0 Å². The summed E-state index contributed by atoms with van der Waals surface area (Å²) >= 11 is 0. The molecule has 2 aliphatic carbocycles. The minimum absolute atomic E-state index is 0.642. The maximum absolute atomic E-state index is 2.62. The van der Waals surface area contributed by atoms with E-state index < -0.39 is 8.07 Å². The third-order valence-corrected chi connectivity index (χ3v) is 10.9. The van der Waals surface area contributed by atoms with Crippen molar-refractivity contribution in [1.82, 2.24) is 0 Å². The van der Waals surface area contributed by atoms with Crippen molar-refractivity contribution in [1.29, 1.82) is 0 Å². The summed E-state index contributed by atoms with van der Waals surface area (Å²) in [5.74, 6) is 1.28. The molecule has 0 saturated heterocycles. The molecule has 2 atom stereocenters. The Balaban J connectivity index is 2.48. The first-order valence-corrected chi connectivity index (χ1v) is 12.4. The molecule has 0 spiro atoms. The Morgan fingerprint density at radius 1 is 0.696 bits per heavy atom. The summed E-state index contributed by atoms with van der Waals surface area (Å²) in [5.41, 5.74) is 11.1. The monoisotopic (exact) mass is 328 g/mol. The molecule has 0 saturated carbocycles. The Bertz CT molecular complexity index is 566. The molecule has 1 heteroatoms. The van der Waals surface area contributed by atoms with Crippen LogP contribution in [0.25, 0.3) is 0 Å². The predicted octanol–water partition coefficient (Wildman–Crippen LogP) is 7.30. The second-order valence-electron chi connectivity index (χ2n) is 9.05. The largest absolute Gasteiger partial charge is 0.0713 e. The third-order valence-electron chi connectivity index (χ3n) is 6.19. The summed E-state index contributed by atoms with van der Waals surface area (Å²) in [6, 6.07) is 0. The summed E-state index contributed by atoms with van der Waals surface area (Å²) in [6.07, 6.45) is 4.99. The SMILES string of the molecule is CC1=CC(C(C)C)=C(C)C1[Si](C)(C)C1C(C)=CC(C(C)C)=C1C. The minimum Gasteiger partial charge on any atom is -0.0686 e. The van der Waals surface area contributed by atoms with Gasteiger partial charge in [-0.05, 0) is 61.8 Å². The molecule has 0 amide bonds. The molecule has 0 aromatic heterocycles. The zero-order valence-corrected chi connectivity index (χ0v) is 18.0. The molecule has 2 rings (SSSR count). The van der Waals surface area contributed by atoms with Crippen molar-refractivity contribution in [2.45, 2.75) is 79.6 Å². The van der Waals surface area contributed by atoms with Gasteiger partial charge in [0, 0.05) is 0 Å². The Morgan fingerprint density at radius 3 is 1.22 bits per heavy atom. The van der Waals surface area contributed by atoms with Crippen LogP contribution in [-0.4, -0.2) is 8.07 Å². The summed E-state index contributed by atoms with van der Waals surface area (Å²) in [7, 11) is -1.52. The van der Waals surface area contributed by atoms with E-state index in [-0.39, 0.29) is 0 Å². The average Bonchev–Trinajstić information content (AvgIpc) is 2.87. The summed E-state index contributed by atoms with van der Waals surface area (Å²) in [5, 5.41) is 0. The molecule has 0 N–H and O–H groups in total. The van der Waals surface area contributed by atoms with Crippen LogP contribution in [0.4, 0.5) is 0 Å². The Hall–Kier alpha value is -0.823. The van der Waals surface area contributed by atoms with Crippen LogP contribution in [0.1, 0.15) is 55.4 Å². The van der Waals surface area contributed by atoms with Gasteiger partial charge in [-0.15, -0.1) is 0 Å². The molecule has 128 valence electrons. The van der Waals surface area contributed by atoms with Gasteiger partial charge in [0.15, 0.2) is 0 Å². The normalized spacial score (nSPS) is 25.9. The van der Waals surface area contributed by atoms with Crippen molar-refractivity contribution >= 4 is 8.07 Å².